The molecule has 2 aromatic rings. The molecule has 7 heteroatoms. The van der Waals surface area contributed by atoms with E-state index in [1.54, 1.807) is 0 Å². The van der Waals surface area contributed by atoms with Gasteiger partial charge in [0.05, 0.1) is 17.7 Å². The summed E-state index contributed by atoms with van der Waals surface area (Å²) >= 11 is 6.03. The zero-order chi connectivity index (χ0) is 26.7. The summed E-state index contributed by atoms with van der Waals surface area (Å²) in [5.74, 6) is -0.121. The quantitative estimate of drug-likeness (QED) is 0.443. The molecule has 0 aliphatic carbocycles. The van der Waals surface area contributed by atoms with Crippen LogP contribution in [0.15, 0.2) is 78.5 Å². The number of allylic oxidation sites excluding steroid dienone is 3. The fraction of sp³-hybridized carbons (Fsp3) is 0.323. The molecule has 0 saturated carbocycles. The zero-order valence-corrected chi connectivity index (χ0v) is 22.1. The number of piperidine rings is 1. The van der Waals surface area contributed by atoms with Gasteiger partial charge in [-0.15, -0.1) is 0 Å². The topological polar surface area (TPSA) is 82.0 Å². The summed E-state index contributed by atoms with van der Waals surface area (Å²) in [5, 5.41) is 24.6. The number of nitrogens with zero attached hydrogens (tertiary/aromatic N) is 1. The van der Waals surface area contributed by atoms with Gasteiger partial charge in [-0.2, -0.15) is 0 Å². The first kappa shape index (κ1) is 26.3. The second-order valence-electron chi connectivity index (χ2n) is 10.1. The minimum atomic E-state index is -0.897. The van der Waals surface area contributed by atoms with E-state index in [9.17, 15) is 15.0 Å². The summed E-state index contributed by atoms with van der Waals surface area (Å²) in [4.78, 5) is 13.7. The number of benzene rings is 2. The third kappa shape index (κ3) is 5.73. The van der Waals surface area contributed by atoms with Crippen LogP contribution in [0.1, 0.15) is 42.4 Å². The molecule has 0 radical (unpaired) electrons. The summed E-state index contributed by atoms with van der Waals surface area (Å²) in [6, 6.07) is 13.3. The number of likely N-dealkylation sites (tertiary alicyclic amines) is 1. The van der Waals surface area contributed by atoms with E-state index in [4.69, 9.17) is 16.3 Å². The van der Waals surface area contributed by atoms with Crippen LogP contribution in [0.4, 0.5) is 0 Å². The molecule has 0 spiro atoms. The Kier molecular flexibility index (Phi) is 7.75. The lowest BCUT2D eigenvalue weighted by Gasteiger charge is -2.38. The number of ether oxygens (including phenoxy) is 1. The predicted molar refractivity (Wildman–Crippen MR) is 151 cm³/mol. The molecule has 0 aromatic heterocycles. The SMILES string of the molecule is C=C(CC(=O)O)c1ccc2c(c1)/C(=C/CCN1CCC(O)(c3ccc(Cl)cc3)CC1)C1=C(CO2)NCC=C1. The van der Waals surface area contributed by atoms with Crippen LogP contribution in [-0.4, -0.2) is 53.9 Å². The highest BCUT2D eigenvalue weighted by atomic mass is 35.5. The van der Waals surface area contributed by atoms with Gasteiger partial charge in [-0.1, -0.05) is 54.6 Å². The van der Waals surface area contributed by atoms with Crippen molar-refractivity contribution in [3.8, 4) is 5.75 Å². The van der Waals surface area contributed by atoms with Crippen LogP contribution >= 0.6 is 11.6 Å². The fourth-order valence-electron chi connectivity index (χ4n) is 5.41. The van der Waals surface area contributed by atoms with Gasteiger partial charge in [0.1, 0.15) is 12.4 Å². The third-order valence-corrected chi connectivity index (χ3v) is 7.86. The van der Waals surface area contributed by atoms with Crippen molar-refractivity contribution < 1.29 is 19.7 Å². The zero-order valence-electron chi connectivity index (χ0n) is 21.4. The maximum absolute atomic E-state index is 11.3. The van der Waals surface area contributed by atoms with Gasteiger partial charge in [0.15, 0.2) is 0 Å². The van der Waals surface area contributed by atoms with Gasteiger partial charge in [0, 0.05) is 42.3 Å². The molecule has 6 nitrogen and oxygen atoms in total. The number of carbonyl (C=O) groups is 1. The van der Waals surface area contributed by atoms with Crippen LogP contribution in [0, 0.1) is 0 Å². The number of nitrogens with one attached hydrogen (secondary N) is 1. The van der Waals surface area contributed by atoms with Gasteiger partial charge in [0.2, 0.25) is 0 Å². The molecule has 1 fully saturated rings. The number of carboxylic acid groups (broad SMARTS) is 1. The molecule has 2 aromatic carbocycles. The number of halogens is 1. The van der Waals surface area contributed by atoms with Crippen molar-refractivity contribution in [1.29, 1.82) is 0 Å². The molecule has 198 valence electrons. The molecule has 5 rings (SSSR count). The number of hydrogen-bond donors (Lipinski definition) is 3. The Morgan fingerprint density at radius 3 is 2.68 bits per heavy atom. The lowest BCUT2D eigenvalue weighted by atomic mass is 9.84. The van der Waals surface area contributed by atoms with Crippen LogP contribution < -0.4 is 10.1 Å². The Balaban J connectivity index is 1.33. The van der Waals surface area contributed by atoms with Crippen LogP contribution in [0.25, 0.3) is 11.1 Å². The van der Waals surface area contributed by atoms with Crippen LogP contribution in [0.5, 0.6) is 5.75 Å². The van der Waals surface area contributed by atoms with Crippen molar-refractivity contribution in [3.05, 3.63) is 100 Å². The number of aliphatic hydroxyl groups is 1. The molecule has 0 amide bonds. The lowest BCUT2D eigenvalue weighted by Crippen LogP contribution is -2.42. The summed E-state index contributed by atoms with van der Waals surface area (Å²) in [6.07, 6.45) is 8.58. The first-order valence-corrected chi connectivity index (χ1v) is 13.4. The smallest absolute Gasteiger partial charge is 0.307 e. The van der Waals surface area contributed by atoms with Crippen molar-refractivity contribution >= 4 is 28.7 Å². The molecule has 0 atom stereocenters. The monoisotopic (exact) mass is 532 g/mol. The van der Waals surface area contributed by atoms with E-state index >= 15 is 0 Å². The van der Waals surface area contributed by atoms with Gasteiger partial charge >= 0.3 is 5.97 Å². The molecule has 3 aliphatic heterocycles. The average Bonchev–Trinajstić information content (AvgIpc) is 3.06. The highest BCUT2D eigenvalue weighted by molar-refractivity contribution is 6.30. The molecule has 3 aliphatic rings. The Morgan fingerprint density at radius 2 is 1.95 bits per heavy atom. The minimum absolute atomic E-state index is 0.106. The molecule has 0 unspecified atom stereocenters. The highest BCUT2D eigenvalue weighted by Gasteiger charge is 2.33. The predicted octanol–water partition coefficient (Wildman–Crippen LogP) is 5.39. The molecule has 3 N–H and O–H groups in total. The third-order valence-electron chi connectivity index (χ3n) is 7.61. The van der Waals surface area contributed by atoms with E-state index < -0.39 is 11.6 Å². The van der Waals surface area contributed by atoms with Crippen molar-refractivity contribution in [2.75, 3.05) is 32.8 Å². The number of rotatable bonds is 7. The molecular formula is C31H33ClN2O4. The molecule has 38 heavy (non-hydrogen) atoms. The summed E-state index contributed by atoms with van der Waals surface area (Å²) < 4.78 is 6.15. The first-order chi connectivity index (χ1) is 18.3. The molecule has 0 bridgehead atoms. The van der Waals surface area contributed by atoms with Crippen molar-refractivity contribution in [2.24, 2.45) is 0 Å². The standard InChI is InChI=1S/C31H33ClN2O4/c1-21(18-30(35)36)22-6-11-29-27(19-22)25(26-4-2-14-33-28(26)20-38-29)5-3-15-34-16-12-31(37,13-17-34)23-7-9-24(32)10-8-23/h2,4-11,19,33,37H,1,3,12-18,20H2,(H,35,36)/b25-5+. The summed E-state index contributed by atoms with van der Waals surface area (Å²) in [6.45, 7) is 7.71. The van der Waals surface area contributed by atoms with Crippen LogP contribution in [0.2, 0.25) is 5.02 Å². The van der Waals surface area contributed by atoms with Gasteiger partial charge < -0.3 is 25.2 Å². The maximum Gasteiger partial charge on any atom is 0.307 e. The second-order valence-corrected chi connectivity index (χ2v) is 10.6. The second kappa shape index (κ2) is 11.2. The Labute approximate surface area is 228 Å². The van der Waals surface area contributed by atoms with E-state index in [-0.39, 0.29) is 6.42 Å². The normalized spacial score (nSPS) is 19.7. The lowest BCUT2D eigenvalue weighted by molar-refractivity contribution is -0.135. The van der Waals surface area contributed by atoms with Crippen molar-refractivity contribution in [1.82, 2.24) is 10.2 Å². The van der Waals surface area contributed by atoms with Crippen LogP contribution in [-0.2, 0) is 10.4 Å². The number of carboxylic acids is 1. The van der Waals surface area contributed by atoms with Gasteiger partial charge in [-0.3, -0.25) is 4.79 Å². The average molecular weight is 533 g/mol. The van der Waals surface area contributed by atoms with Crippen LogP contribution in [0.3, 0.4) is 0 Å². The van der Waals surface area contributed by atoms with Gasteiger partial charge in [0.25, 0.3) is 0 Å². The fourth-order valence-corrected chi connectivity index (χ4v) is 5.53. The number of dihydropyridines is 1. The molecule has 1 saturated heterocycles. The highest BCUT2D eigenvalue weighted by Crippen LogP contribution is 2.39. The van der Waals surface area contributed by atoms with E-state index in [0.29, 0.717) is 30.0 Å². The van der Waals surface area contributed by atoms with Gasteiger partial charge in [-0.25, -0.2) is 0 Å². The molecular weight excluding hydrogens is 500 g/mol. The Bertz CT molecular complexity index is 1320. The van der Waals surface area contributed by atoms with Gasteiger partial charge in [-0.05, 0) is 65.8 Å². The Morgan fingerprint density at radius 1 is 1.18 bits per heavy atom. The van der Waals surface area contributed by atoms with Crippen molar-refractivity contribution in [3.63, 3.8) is 0 Å². The maximum atomic E-state index is 11.3. The Hall–Kier alpha value is -3.32. The van der Waals surface area contributed by atoms with E-state index in [1.165, 1.54) is 0 Å². The van der Waals surface area contributed by atoms with E-state index in [1.807, 2.05) is 42.5 Å². The number of hydrogen-bond acceptors (Lipinski definition) is 5. The number of fused-ring (bicyclic) bond motifs is 1. The van der Waals surface area contributed by atoms with Crippen molar-refractivity contribution in [2.45, 2.75) is 31.3 Å². The summed E-state index contributed by atoms with van der Waals surface area (Å²) in [7, 11) is 0. The molecule has 3 heterocycles. The van der Waals surface area contributed by atoms with E-state index in [2.05, 4.69) is 35.0 Å². The number of aliphatic carboxylic acids is 1. The largest absolute Gasteiger partial charge is 0.487 e. The first-order valence-electron chi connectivity index (χ1n) is 13.0. The summed E-state index contributed by atoms with van der Waals surface area (Å²) in [5.41, 5.74) is 5.66. The minimum Gasteiger partial charge on any atom is -0.487 e. The van der Waals surface area contributed by atoms with E-state index in [0.717, 1.165) is 71.9 Å².